The van der Waals surface area contributed by atoms with Crippen molar-refractivity contribution in [2.45, 2.75) is 13.3 Å². The molecule has 0 aliphatic carbocycles. The summed E-state index contributed by atoms with van der Waals surface area (Å²) in [4.78, 5) is 25.9. The summed E-state index contributed by atoms with van der Waals surface area (Å²) < 4.78 is 5.91. The molecule has 2 N–H and O–H groups in total. The summed E-state index contributed by atoms with van der Waals surface area (Å²) in [5, 5.41) is 6.52. The van der Waals surface area contributed by atoms with E-state index in [1.807, 2.05) is 42.5 Å². The van der Waals surface area contributed by atoms with Crippen LogP contribution in [0.1, 0.15) is 12.5 Å². The van der Waals surface area contributed by atoms with E-state index in [1.54, 1.807) is 36.1 Å². The molecule has 0 saturated heterocycles. The molecule has 1 aliphatic heterocycles. The van der Waals surface area contributed by atoms with Gasteiger partial charge in [0.05, 0.1) is 12.2 Å². The van der Waals surface area contributed by atoms with Crippen molar-refractivity contribution < 1.29 is 14.3 Å². The molecule has 0 aromatic heterocycles. The predicted molar refractivity (Wildman–Crippen MR) is 123 cm³/mol. The molecule has 7 heteroatoms. The van der Waals surface area contributed by atoms with E-state index in [1.165, 1.54) is 0 Å². The van der Waals surface area contributed by atoms with E-state index < -0.39 is 0 Å². The minimum Gasteiger partial charge on any atom is -0.455 e. The van der Waals surface area contributed by atoms with Crippen molar-refractivity contribution in [2.75, 3.05) is 28.6 Å². The molecule has 0 radical (unpaired) electrons. The lowest BCUT2D eigenvalue weighted by Gasteiger charge is -2.15. The molecule has 2 amide bonds. The van der Waals surface area contributed by atoms with Gasteiger partial charge in [-0.05, 0) is 60.5 Å². The van der Waals surface area contributed by atoms with E-state index in [4.69, 9.17) is 16.3 Å². The molecule has 3 aromatic carbocycles. The number of ether oxygens (including phenoxy) is 1. The fraction of sp³-hybridized carbons (Fsp3) is 0.167. The minimum atomic E-state index is -0.202. The van der Waals surface area contributed by atoms with Crippen LogP contribution in [0.25, 0.3) is 0 Å². The third kappa shape index (κ3) is 4.98. The van der Waals surface area contributed by atoms with E-state index in [-0.39, 0.29) is 18.4 Å². The predicted octanol–water partition coefficient (Wildman–Crippen LogP) is 5.09. The van der Waals surface area contributed by atoms with Crippen molar-refractivity contribution >= 4 is 40.5 Å². The number of halogens is 1. The van der Waals surface area contributed by atoms with Crippen LogP contribution in [0.3, 0.4) is 0 Å². The number of fused-ring (bicyclic) bond motifs is 1. The highest BCUT2D eigenvalue weighted by Crippen LogP contribution is 2.32. The largest absolute Gasteiger partial charge is 0.455 e. The number of benzene rings is 3. The first-order valence-electron chi connectivity index (χ1n) is 9.97. The monoisotopic (exact) mass is 435 g/mol. The summed E-state index contributed by atoms with van der Waals surface area (Å²) in [6, 6.07) is 20.2. The second-order valence-electron chi connectivity index (χ2n) is 7.22. The van der Waals surface area contributed by atoms with Gasteiger partial charge in [0.2, 0.25) is 11.8 Å². The topological polar surface area (TPSA) is 70.7 Å². The molecule has 6 nitrogen and oxygen atoms in total. The fourth-order valence-corrected chi connectivity index (χ4v) is 3.70. The molecular weight excluding hydrogens is 414 g/mol. The number of hydrogen-bond acceptors (Lipinski definition) is 4. The average Bonchev–Trinajstić information content (AvgIpc) is 3.18. The zero-order valence-electron chi connectivity index (χ0n) is 17.0. The number of carbonyl (C=O) groups excluding carboxylic acids is 2. The summed E-state index contributed by atoms with van der Waals surface area (Å²) in [7, 11) is 0. The van der Waals surface area contributed by atoms with Crippen LogP contribution in [0.5, 0.6) is 11.5 Å². The Kier molecular flexibility index (Phi) is 6.09. The summed E-state index contributed by atoms with van der Waals surface area (Å²) in [6.45, 7) is 2.27. The van der Waals surface area contributed by atoms with Crippen molar-refractivity contribution in [3.05, 3.63) is 77.3 Å². The van der Waals surface area contributed by atoms with Gasteiger partial charge in [0.1, 0.15) is 5.75 Å². The second kappa shape index (κ2) is 9.10. The maximum Gasteiger partial charge on any atom is 0.243 e. The zero-order valence-corrected chi connectivity index (χ0v) is 17.8. The number of nitrogens with one attached hydrogen (secondary N) is 2. The van der Waals surface area contributed by atoms with Gasteiger partial charge in [-0.2, -0.15) is 0 Å². The molecule has 3 aromatic rings. The molecule has 0 spiro atoms. The van der Waals surface area contributed by atoms with Gasteiger partial charge >= 0.3 is 0 Å². The molecule has 0 unspecified atom stereocenters. The quantitative estimate of drug-likeness (QED) is 0.565. The van der Waals surface area contributed by atoms with Gasteiger partial charge in [0.15, 0.2) is 5.75 Å². The van der Waals surface area contributed by atoms with Gasteiger partial charge < -0.3 is 20.3 Å². The van der Waals surface area contributed by atoms with Gasteiger partial charge in [0, 0.05) is 29.9 Å². The lowest BCUT2D eigenvalue weighted by atomic mass is 10.1. The van der Waals surface area contributed by atoms with Crippen LogP contribution in [-0.2, 0) is 16.0 Å². The maximum absolute atomic E-state index is 12.5. The van der Waals surface area contributed by atoms with E-state index in [0.717, 1.165) is 17.7 Å². The van der Waals surface area contributed by atoms with Crippen molar-refractivity contribution in [1.29, 1.82) is 0 Å². The Morgan fingerprint density at radius 3 is 2.65 bits per heavy atom. The number of carbonyl (C=O) groups is 2. The molecule has 158 valence electrons. The fourth-order valence-electron chi connectivity index (χ4n) is 3.53. The van der Waals surface area contributed by atoms with Crippen molar-refractivity contribution in [3.8, 4) is 11.5 Å². The third-order valence-electron chi connectivity index (χ3n) is 4.99. The number of anilines is 3. The van der Waals surface area contributed by atoms with E-state index >= 15 is 0 Å². The Hall–Kier alpha value is -3.51. The van der Waals surface area contributed by atoms with Gasteiger partial charge in [-0.15, -0.1) is 0 Å². The molecule has 31 heavy (non-hydrogen) atoms. The van der Waals surface area contributed by atoms with Crippen LogP contribution in [0.2, 0.25) is 5.02 Å². The number of amides is 2. The zero-order chi connectivity index (χ0) is 21.8. The van der Waals surface area contributed by atoms with E-state index in [9.17, 15) is 9.59 Å². The molecule has 0 atom stereocenters. The Labute approximate surface area is 185 Å². The Morgan fingerprint density at radius 2 is 1.87 bits per heavy atom. The van der Waals surface area contributed by atoms with Crippen LogP contribution in [-0.4, -0.2) is 24.9 Å². The number of para-hydroxylation sites is 1. The summed E-state index contributed by atoms with van der Waals surface area (Å²) in [5.74, 6) is 1.09. The van der Waals surface area contributed by atoms with Crippen molar-refractivity contribution in [3.63, 3.8) is 0 Å². The van der Waals surface area contributed by atoms with Crippen LogP contribution < -0.4 is 20.3 Å². The van der Waals surface area contributed by atoms with Crippen molar-refractivity contribution in [2.24, 2.45) is 0 Å². The van der Waals surface area contributed by atoms with E-state index in [0.29, 0.717) is 34.4 Å². The number of rotatable bonds is 6. The van der Waals surface area contributed by atoms with Gasteiger partial charge in [0.25, 0.3) is 0 Å². The summed E-state index contributed by atoms with van der Waals surface area (Å²) >= 11 is 6.13. The van der Waals surface area contributed by atoms with Crippen LogP contribution >= 0.6 is 11.6 Å². The Bertz CT molecular complexity index is 1120. The minimum absolute atomic E-state index is 0.0229. The normalized spacial score (nSPS) is 12.3. The second-order valence-corrected chi connectivity index (χ2v) is 7.66. The first-order valence-corrected chi connectivity index (χ1v) is 10.3. The summed E-state index contributed by atoms with van der Waals surface area (Å²) in [5.41, 5.74) is 3.28. The Morgan fingerprint density at radius 1 is 1.06 bits per heavy atom. The molecule has 0 bridgehead atoms. The lowest BCUT2D eigenvalue weighted by Crippen LogP contribution is -2.25. The summed E-state index contributed by atoms with van der Waals surface area (Å²) in [6.07, 6.45) is 0.777. The van der Waals surface area contributed by atoms with Gasteiger partial charge in [-0.1, -0.05) is 29.8 Å². The standard InChI is InChI=1S/C24H22ClN3O3/c1-16(29)28-12-11-17-13-19(8-9-22(17)28)27-24(30)15-26-21-14-18(25)7-10-23(21)31-20-5-3-2-4-6-20/h2-10,13-14,26H,11-12,15H2,1H3,(H,27,30). The smallest absolute Gasteiger partial charge is 0.243 e. The van der Waals surface area contributed by atoms with E-state index in [2.05, 4.69) is 10.6 Å². The maximum atomic E-state index is 12.5. The Balaban J connectivity index is 1.40. The molecule has 1 heterocycles. The van der Waals surface area contributed by atoms with Crippen LogP contribution in [0.4, 0.5) is 17.1 Å². The molecular formula is C24H22ClN3O3. The van der Waals surface area contributed by atoms with Gasteiger partial charge in [-0.3, -0.25) is 9.59 Å². The lowest BCUT2D eigenvalue weighted by molar-refractivity contribution is -0.116. The van der Waals surface area contributed by atoms with Gasteiger partial charge in [-0.25, -0.2) is 0 Å². The average molecular weight is 436 g/mol. The highest BCUT2D eigenvalue weighted by atomic mass is 35.5. The first-order chi connectivity index (χ1) is 15.0. The first kappa shape index (κ1) is 20.8. The van der Waals surface area contributed by atoms with Crippen LogP contribution in [0, 0.1) is 0 Å². The highest BCUT2D eigenvalue weighted by Gasteiger charge is 2.22. The number of nitrogens with zero attached hydrogens (tertiary/aromatic N) is 1. The van der Waals surface area contributed by atoms with Crippen molar-refractivity contribution in [1.82, 2.24) is 0 Å². The molecule has 0 saturated carbocycles. The van der Waals surface area contributed by atoms with Crippen LogP contribution in [0.15, 0.2) is 66.7 Å². The SMILES string of the molecule is CC(=O)N1CCc2cc(NC(=O)CNc3cc(Cl)ccc3Oc3ccccc3)ccc21. The third-order valence-corrected chi connectivity index (χ3v) is 5.23. The molecule has 4 rings (SSSR count). The molecule has 0 fully saturated rings. The molecule has 1 aliphatic rings. The highest BCUT2D eigenvalue weighted by molar-refractivity contribution is 6.31. The number of hydrogen-bond donors (Lipinski definition) is 2.